The SMILES string of the molecule is O=C(O)C[C@@H]1C[C@@H](O)CN1C(=O)OCC1c2ccccc2-c2ccccc21. The monoisotopic (exact) mass is 367 g/mol. The summed E-state index contributed by atoms with van der Waals surface area (Å²) < 4.78 is 5.57. The number of benzene rings is 2. The number of ether oxygens (including phenoxy) is 1. The third-order valence-corrected chi connectivity index (χ3v) is 5.37. The maximum Gasteiger partial charge on any atom is 0.410 e. The minimum absolute atomic E-state index is 0.0493. The first-order valence-electron chi connectivity index (χ1n) is 9.06. The van der Waals surface area contributed by atoms with Gasteiger partial charge < -0.3 is 19.8 Å². The molecule has 27 heavy (non-hydrogen) atoms. The first-order valence-corrected chi connectivity index (χ1v) is 9.06. The van der Waals surface area contributed by atoms with Gasteiger partial charge in [0.2, 0.25) is 0 Å². The lowest BCUT2D eigenvalue weighted by atomic mass is 9.98. The molecule has 2 N–H and O–H groups in total. The van der Waals surface area contributed by atoms with Crippen LogP contribution in [-0.2, 0) is 9.53 Å². The highest BCUT2D eigenvalue weighted by atomic mass is 16.6. The summed E-state index contributed by atoms with van der Waals surface area (Å²) in [5.74, 6) is -1.04. The van der Waals surface area contributed by atoms with Gasteiger partial charge in [-0.25, -0.2) is 4.79 Å². The van der Waals surface area contributed by atoms with E-state index in [1.807, 2.05) is 36.4 Å². The molecule has 140 valence electrons. The van der Waals surface area contributed by atoms with Gasteiger partial charge in [0, 0.05) is 12.0 Å². The number of aliphatic hydroxyl groups is 1. The van der Waals surface area contributed by atoms with E-state index in [-0.39, 0.29) is 31.9 Å². The fourth-order valence-electron chi connectivity index (χ4n) is 4.19. The molecule has 1 aliphatic heterocycles. The molecule has 1 amide bonds. The Balaban J connectivity index is 1.50. The maximum atomic E-state index is 12.6. The lowest BCUT2D eigenvalue weighted by Crippen LogP contribution is -2.38. The standard InChI is InChI=1S/C21H21NO5/c23-14-9-13(10-20(24)25)22(11-14)21(26)27-12-19-17-7-3-1-5-15(17)16-6-2-4-8-18(16)19/h1-8,13-14,19,23H,9-12H2,(H,24,25)/t13-,14+/m0/s1. The average molecular weight is 367 g/mol. The van der Waals surface area contributed by atoms with E-state index in [1.54, 1.807) is 0 Å². The Morgan fingerprint density at radius 2 is 1.63 bits per heavy atom. The highest BCUT2D eigenvalue weighted by Gasteiger charge is 2.37. The molecule has 2 aromatic carbocycles. The number of rotatable bonds is 4. The predicted octanol–water partition coefficient (Wildman–Crippen LogP) is 2.85. The summed E-state index contributed by atoms with van der Waals surface area (Å²) in [6.07, 6.45) is -1.22. The van der Waals surface area contributed by atoms with Crippen molar-refractivity contribution in [2.75, 3.05) is 13.2 Å². The van der Waals surface area contributed by atoms with Gasteiger partial charge in [0.05, 0.1) is 19.1 Å². The van der Waals surface area contributed by atoms with Crippen LogP contribution in [0, 0.1) is 0 Å². The Morgan fingerprint density at radius 3 is 2.22 bits per heavy atom. The van der Waals surface area contributed by atoms with E-state index in [9.17, 15) is 14.7 Å². The van der Waals surface area contributed by atoms with Gasteiger partial charge in [-0.05, 0) is 28.7 Å². The number of carbonyl (C=O) groups excluding carboxylic acids is 1. The normalized spacial score (nSPS) is 21.0. The van der Waals surface area contributed by atoms with E-state index in [2.05, 4.69) is 12.1 Å². The molecule has 6 heteroatoms. The molecular formula is C21H21NO5. The van der Waals surface area contributed by atoms with Crippen LogP contribution in [0.25, 0.3) is 11.1 Å². The van der Waals surface area contributed by atoms with E-state index in [0.717, 1.165) is 22.3 Å². The Morgan fingerprint density at radius 1 is 1.04 bits per heavy atom. The highest BCUT2D eigenvalue weighted by Crippen LogP contribution is 2.44. The van der Waals surface area contributed by atoms with Crippen LogP contribution < -0.4 is 0 Å². The molecule has 0 aromatic heterocycles. The molecule has 1 fully saturated rings. The lowest BCUT2D eigenvalue weighted by Gasteiger charge is -2.23. The molecule has 1 aliphatic carbocycles. The minimum Gasteiger partial charge on any atom is -0.481 e. The third kappa shape index (κ3) is 3.28. The van der Waals surface area contributed by atoms with E-state index in [1.165, 1.54) is 4.90 Å². The van der Waals surface area contributed by atoms with Crippen molar-refractivity contribution in [3.05, 3.63) is 59.7 Å². The number of hydrogen-bond donors (Lipinski definition) is 2. The topological polar surface area (TPSA) is 87.1 Å². The van der Waals surface area contributed by atoms with Crippen molar-refractivity contribution in [3.63, 3.8) is 0 Å². The fourth-order valence-corrected chi connectivity index (χ4v) is 4.19. The summed E-state index contributed by atoms with van der Waals surface area (Å²) in [7, 11) is 0. The molecular weight excluding hydrogens is 346 g/mol. The Kier molecular flexibility index (Phi) is 4.58. The van der Waals surface area contributed by atoms with Crippen molar-refractivity contribution in [1.29, 1.82) is 0 Å². The van der Waals surface area contributed by atoms with Crippen LogP contribution in [0.3, 0.4) is 0 Å². The van der Waals surface area contributed by atoms with Crippen LogP contribution in [0.15, 0.2) is 48.5 Å². The maximum absolute atomic E-state index is 12.6. The zero-order valence-electron chi connectivity index (χ0n) is 14.7. The predicted molar refractivity (Wildman–Crippen MR) is 98.4 cm³/mol. The van der Waals surface area contributed by atoms with Gasteiger partial charge in [-0.2, -0.15) is 0 Å². The van der Waals surface area contributed by atoms with Crippen LogP contribution in [0.4, 0.5) is 4.79 Å². The Labute approximate surface area is 157 Å². The van der Waals surface area contributed by atoms with E-state index in [0.29, 0.717) is 0 Å². The number of aliphatic hydroxyl groups excluding tert-OH is 1. The molecule has 2 aliphatic rings. The number of carboxylic acid groups (broad SMARTS) is 1. The number of aliphatic carboxylic acids is 1. The first-order chi connectivity index (χ1) is 13.0. The van der Waals surface area contributed by atoms with Gasteiger partial charge in [-0.15, -0.1) is 0 Å². The minimum atomic E-state index is -0.995. The van der Waals surface area contributed by atoms with Crippen LogP contribution >= 0.6 is 0 Å². The first kappa shape index (κ1) is 17.5. The van der Waals surface area contributed by atoms with Crippen LogP contribution in [0.5, 0.6) is 0 Å². The molecule has 2 aromatic rings. The largest absolute Gasteiger partial charge is 0.481 e. The van der Waals surface area contributed by atoms with Crippen molar-refractivity contribution in [3.8, 4) is 11.1 Å². The molecule has 2 atom stereocenters. The molecule has 4 rings (SSSR count). The smallest absolute Gasteiger partial charge is 0.410 e. The van der Waals surface area contributed by atoms with E-state index >= 15 is 0 Å². The zero-order valence-corrected chi connectivity index (χ0v) is 14.7. The number of hydrogen-bond acceptors (Lipinski definition) is 4. The number of β-amino-alcohol motifs (C(OH)–C–C–N with tert-alkyl or cyclic N) is 1. The van der Waals surface area contributed by atoms with Gasteiger partial charge in [0.1, 0.15) is 6.61 Å². The van der Waals surface area contributed by atoms with Gasteiger partial charge >= 0.3 is 12.1 Å². The third-order valence-electron chi connectivity index (χ3n) is 5.37. The average Bonchev–Trinajstić information content (AvgIpc) is 3.17. The molecule has 0 unspecified atom stereocenters. The fraction of sp³-hybridized carbons (Fsp3) is 0.333. The van der Waals surface area contributed by atoms with E-state index < -0.39 is 24.2 Å². The summed E-state index contributed by atoms with van der Waals surface area (Å²) in [6, 6.07) is 15.6. The number of likely N-dealkylation sites (tertiary alicyclic amines) is 1. The molecule has 0 bridgehead atoms. The van der Waals surface area contributed by atoms with Crippen molar-refractivity contribution in [1.82, 2.24) is 4.90 Å². The molecule has 1 saturated heterocycles. The van der Waals surface area contributed by atoms with Crippen molar-refractivity contribution < 1.29 is 24.5 Å². The summed E-state index contributed by atoms with van der Waals surface area (Å²) in [5, 5.41) is 18.8. The highest BCUT2D eigenvalue weighted by molar-refractivity contribution is 5.79. The second-order valence-electron chi connectivity index (χ2n) is 7.10. The van der Waals surface area contributed by atoms with Gasteiger partial charge in [-0.1, -0.05) is 48.5 Å². The van der Waals surface area contributed by atoms with Gasteiger partial charge in [0.15, 0.2) is 0 Å². The van der Waals surface area contributed by atoms with Crippen LogP contribution in [0.1, 0.15) is 29.9 Å². The van der Waals surface area contributed by atoms with Crippen LogP contribution in [0.2, 0.25) is 0 Å². The van der Waals surface area contributed by atoms with Crippen molar-refractivity contribution >= 4 is 12.1 Å². The van der Waals surface area contributed by atoms with Crippen LogP contribution in [-0.4, -0.2) is 52.5 Å². The Bertz CT molecular complexity index is 835. The van der Waals surface area contributed by atoms with E-state index in [4.69, 9.17) is 9.84 Å². The lowest BCUT2D eigenvalue weighted by molar-refractivity contribution is -0.138. The number of carbonyl (C=O) groups is 2. The second-order valence-corrected chi connectivity index (χ2v) is 7.10. The summed E-state index contributed by atoms with van der Waals surface area (Å²) in [6.45, 7) is 0.286. The van der Waals surface area contributed by atoms with Crippen molar-refractivity contribution in [2.45, 2.75) is 30.9 Å². The van der Waals surface area contributed by atoms with Crippen molar-refractivity contribution in [2.24, 2.45) is 0 Å². The molecule has 6 nitrogen and oxygen atoms in total. The molecule has 0 spiro atoms. The number of amides is 1. The Hall–Kier alpha value is -2.86. The summed E-state index contributed by atoms with van der Waals surface area (Å²) in [5.41, 5.74) is 4.54. The number of carboxylic acids is 1. The van der Waals surface area contributed by atoms with Gasteiger partial charge in [-0.3, -0.25) is 4.79 Å². The quantitative estimate of drug-likeness (QED) is 0.868. The molecule has 1 heterocycles. The zero-order chi connectivity index (χ0) is 19.0. The summed E-state index contributed by atoms with van der Waals surface area (Å²) >= 11 is 0. The molecule has 0 saturated carbocycles. The second kappa shape index (κ2) is 7.04. The molecule has 0 radical (unpaired) electrons. The summed E-state index contributed by atoms with van der Waals surface area (Å²) in [4.78, 5) is 24.9. The van der Waals surface area contributed by atoms with Gasteiger partial charge in [0.25, 0.3) is 0 Å². The number of nitrogens with zero attached hydrogens (tertiary/aromatic N) is 1. The number of fused-ring (bicyclic) bond motifs is 3.